The molecule has 2 aliphatic carbocycles. The van der Waals surface area contributed by atoms with Crippen LogP contribution in [0, 0.1) is 10.8 Å². The number of allylic oxidation sites excluding steroid dienone is 5. The van der Waals surface area contributed by atoms with Gasteiger partial charge in [-0.2, -0.15) is 0 Å². The molecule has 0 heterocycles. The van der Waals surface area contributed by atoms with E-state index in [2.05, 4.69) is 32.6 Å². The van der Waals surface area contributed by atoms with Crippen LogP contribution in [0.2, 0.25) is 0 Å². The number of carbonyl (C=O) groups excluding carboxylic acids is 1. The summed E-state index contributed by atoms with van der Waals surface area (Å²) in [4.78, 5) is 11.0. The highest BCUT2D eigenvalue weighted by atomic mass is 16.1. The maximum absolute atomic E-state index is 11.0. The van der Waals surface area contributed by atoms with Gasteiger partial charge < -0.3 is 0 Å². The van der Waals surface area contributed by atoms with Crippen molar-refractivity contribution in [1.82, 2.24) is 0 Å². The highest BCUT2D eigenvalue weighted by molar-refractivity contribution is 6.00. The predicted octanol–water partition coefficient (Wildman–Crippen LogP) is 3.04. The third-order valence-electron chi connectivity index (χ3n) is 3.43. The van der Waals surface area contributed by atoms with Crippen LogP contribution in [0.15, 0.2) is 36.5 Å². The zero-order chi connectivity index (χ0) is 10.4. The average Bonchev–Trinajstić information content (AvgIpc) is 2.30. The van der Waals surface area contributed by atoms with Gasteiger partial charge in [-0.15, -0.1) is 0 Å². The number of ketones is 1. The second kappa shape index (κ2) is 2.69. The van der Waals surface area contributed by atoms with Crippen LogP contribution in [0.25, 0.3) is 0 Å². The number of carbonyl (C=O) groups is 1. The Balaban J connectivity index is 2.31. The van der Waals surface area contributed by atoms with Gasteiger partial charge in [0, 0.05) is 5.41 Å². The summed E-state index contributed by atoms with van der Waals surface area (Å²) in [5.74, 6) is 0.103. The summed E-state index contributed by atoms with van der Waals surface area (Å²) in [7, 11) is 0. The van der Waals surface area contributed by atoms with Crippen LogP contribution in [-0.2, 0) is 4.79 Å². The zero-order valence-electron chi connectivity index (χ0n) is 8.84. The van der Waals surface area contributed by atoms with Crippen LogP contribution < -0.4 is 0 Å². The summed E-state index contributed by atoms with van der Waals surface area (Å²) in [5.41, 5.74) is 1.57. The molecule has 74 valence electrons. The van der Waals surface area contributed by atoms with E-state index in [1.54, 1.807) is 12.2 Å². The van der Waals surface area contributed by atoms with Crippen molar-refractivity contribution < 1.29 is 4.79 Å². The van der Waals surface area contributed by atoms with E-state index < -0.39 is 0 Å². The fraction of sp³-hybridized carbons (Fsp3) is 0.462. The number of hydrogen-bond donors (Lipinski definition) is 0. The van der Waals surface area contributed by atoms with E-state index in [9.17, 15) is 4.79 Å². The standard InChI is InChI=1S/C13H16O/c1-10-8-13(9-12(10,2)3)6-4-11(14)5-7-13/h4-7H,1,8-9H2,2-3H3. The summed E-state index contributed by atoms with van der Waals surface area (Å²) in [6.45, 7) is 8.57. The van der Waals surface area contributed by atoms with Gasteiger partial charge in [0.25, 0.3) is 0 Å². The van der Waals surface area contributed by atoms with Crippen molar-refractivity contribution in [2.75, 3.05) is 0 Å². The first kappa shape index (κ1) is 9.45. The van der Waals surface area contributed by atoms with Crippen molar-refractivity contribution in [2.45, 2.75) is 26.7 Å². The van der Waals surface area contributed by atoms with Crippen molar-refractivity contribution in [3.8, 4) is 0 Å². The minimum atomic E-state index is 0.0779. The van der Waals surface area contributed by atoms with E-state index in [0.29, 0.717) is 0 Å². The molecule has 0 unspecified atom stereocenters. The fourth-order valence-electron chi connectivity index (χ4n) is 2.49. The van der Waals surface area contributed by atoms with Gasteiger partial charge in [-0.3, -0.25) is 4.79 Å². The zero-order valence-corrected chi connectivity index (χ0v) is 8.84. The van der Waals surface area contributed by atoms with E-state index in [1.807, 2.05) is 0 Å². The molecule has 0 bridgehead atoms. The molecular weight excluding hydrogens is 172 g/mol. The Labute approximate surface area is 85.2 Å². The molecule has 14 heavy (non-hydrogen) atoms. The topological polar surface area (TPSA) is 17.1 Å². The van der Waals surface area contributed by atoms with Crippen LogP contribution in [-0.4, -0.2) is 5.78 Å². The summed E-state index contributed by atoms with van der Waals surface area (Å²) >= 11 is 0. The van der Waals surface area contributed by atoms with E-state index in [0.717, 1.165) is 12.8 Å². The Morgan fingerprint density at radius 1 is 1.29 bits per heavy atom. The van der Waals surface area contributed by atoms with Gasteiger partial charge in [-0.1, -0.05) is 38.2 Å². The van der Waals surface area contributed by atoms with Crippen molar-refractivity contribution in [3.05, 3.63) is 36.5 Å². The van der Waals surface area contributed by atoms with E-state index in [4.69, 9.17) is 0 Å². The summed E-state index contributed by atoms with van der Waals surface area (Å²) in [6.07, 6.45) is 9.54. The predicted molar refractivity (Wildman–Crippen MR) is 57.9 cm³/mol. The molecule has 0 atom stereocenters. The Kier molecular flexibility index (Phi) is 1.82. The van der Waals surface area contributed by atoms with Crippen LogP contribution in [0.5, 0.6) is 0 Å². The molecule has 1 heteroatoms. The van der Waals surface area contributed by atoms with Gasteiger partial charge in [0.05, 0.1) is 0 Å². The molecule has 2 rings (SSSR count). The van der Waals surface area contributed by atoms with Crippen molar-refractivity contribution in [1.29, 1.82) is 0 Å². The number of rotatable bonds is 0. The lowest BCUT2D eigenvalue weighted by Crippen LogP contribution is -2.16. The molecule has 2 aliphatic rings. The van der Waals surface area contributed by atoms with Crippen LogP contribution >= 0.6 is 0 Å². The molecule has 1 spiro atoms. The monoisotopic (exact) mass is 188 g/mol. The van der Waals surface area contributed by atoms with Crippen molar-refractivity contribution >= 4 is 5.78 Å². The quantitative estimate of drug-likeness (QED) is 0.534. The Morgan fingerprint density at radius 3 is 2.29 bits per heavy atom. The van der Waals surface area contributed by atoms with Crippen molar-refractivity contribution in [3.63, 3.8) is 0 Å². The molecule has 1 nitrogen and oxygen atoms in total. The molecule has 1 saturated carbocycles. The highest BCUT2D eigenvalue weighted by Gasteiger charge is 2.43. The summed E-state index contributed by atoms with van der Waals surface area (Å²) < 4.78 is 0. The summed E-state index contributed by atoms with van der Waals surface area (Å²) in [6, 6.07) is 0. The molecule has 0 radical (unpaired) electrons. The maximum atomic E-state index is 11.0. The first-order valence-corrected chi connectivity index (χ1v) is 5.04. The van der Waals surface area contributed by atoms with E-state index in [-0.39, 0.29) is 16.6 Å². The second-order valence-electron chi connectivity index (χ2n) is 5.14. The first-order valence-electron chi connectivity index (χ1n) is 5.04. The van der Waals surface area contributed by atoms with Gasteiger partial charge >= 0.3 is 0 Å². The Morgan fingerprint density at radius 2 is 1.86 bits per heavy atom. The van der Waals surface area contributed by atoms with Crippen LogP contribution in [0.3, 0.4) is 0 Å². The Hall–Kier alpha value is -1.11. The van der Waals surface area contributed by atoms with Gasteiger partial charge in [0.2, 0.25) is 0 Å². The van der Waals surface area contributed by atoms with Gasteiger partial charge in [0.15, 0.2) is 5.78 Å². The van der Waals surface area contributed by atoms with Crippen LogP contribution in [0.4, 0.5) is 0 Å². The molecule has 0 aliphatic heterocycles. The Bertz CT molecular complexity index is 339. The minimum absolute atomic E-state index is 0.0779. The number of hydrogen-bond acceptors (Lipinski definition) is 1. The van der Waals surface area contributed by atoms with Gasteiger partial charge in [-0.25, -0.2) is 0 Å². The molecule has 1 fully saturated rings. The lowest BCUT2D eigenvalue weighted by Gasteiger charge is -2.25. The fourth-order valence-corrected chi connectivity index (χ4v) is 2.49. The first-order chi connectivity index (χ1) is 6.44. The lowest BCUT2D eigenvalue weighted by molar-refractivity contribution is -0.110. The lowest BCUT2D eigenvalue weighted by atomic mass is 9.79. The third kappa shape index (κ3) is 1.37. The van der Waals surface area contributed by atoms with Gasteiger partial charge in [-0.05, 0) is 30.4 Å². The van der Waals surface area contributed by atoms with Crippen LogP contribution in [0.1, 0.15) is 26.7 Å². The SMILES string of the molecule is C=C1CC2(C=CC(=O)C=C2)CC1(C)C. The molecule has 0 N–H and O–H groups in total. The van der Waals surface area contributed by atoms with E-state index in [1.165, 1.54) is 5.57 Å². The smallest absolute Gasteiger partial charge is 0.178 e. The molecule has 0 amide bonds. The second-order valence-corrected chi connectivity index (χ2v) is 5.14. The van der Waals surface area contributed by atoms with E-state index >= 15 is 0 Å². The molecule has 0 saturated heterocycles. The molecule has 0 aromatic carbocycles. The maximum Gasteiger partial charge on any atom is 0.178 e. The molecular formula is C13H16O. The molecule has 0 aromatic heterocycles. The highest BCUT2D eigenvalue weighted by Crippen LogP contribution is 2.54. The van der Waals surface area contributed by atoms with Crippen molar-refractivity contribution in [2.24, 2.45) is 10.8 Å². The third-order valence-corrected chi connectivity index (χ3v) is 3.43. The summed E-state index contributed by atoms with van der Waals surface area (Å²) in [5, 5.41) is 0. The van der Waals surface area contributed by atoms with Gasteiger partial charge in [0.1, 0.15) is 0 Å². The largest absolute Gasteiger partial charge is 0.290 e. The normalized spacial score (nSPS) is 27.6. The average molecular weight is 188 g/mol. The molecule has 0 aromatic rings. The minimum Gasteiger partial charge on any atom is -0.290 e.